The third-order valence-electron chi connectivity index (χ3n) is 3.54. The quantitative estimate of drug-likeness (QED) is 0.815. The number of carboxylic acids is 1. The number of sulfonamides is 1. The second-order valence-corrected chi connectivity index (χ2v) is 7.14. The number of benzene rings is 2. The van der Waals surface area contributed by atoms with Gasteiger partial charge in [-0.3, -0.25) is 0 Å². The molecule has 0 aromatic heterocycles. The number of hydrogen-bond donors (Lipinski definition) is 2. The van der Waals surface area contributed by atoms with Crippen LogP contribution >= 0.6 is 0 Å². The van der Waals surface area contributed by atoms with Crippen molar-refractivity contribution in [2.75, 3.05) is 6.54 Å². The van der Waals surface area contributed by atoms with Crippen LogP contribution in [0.2, 0.25) is 0 Å². The zero-order valence-electron chi connectivity index (χ0n) is 12.8. The summed E-state index contributed by atoms with van der Waals surface area (Å²) in [7, 11) is -3.39. The molecule has 0 unspecified atom stereocenters. The van der Waals surface area contributed by atoms with Gasteiger partial charge in [0.15, 0.2) is 0 Å². The highest BCUT2D eigenvalue weighted by molar-refractivity contribution is 7.88. The van der Waals surface area contributed by atoms with Crippen molar-refractivity contribution >= 4 is 16.0 Å². The van der Waals surface area contributed by atoms with Crippen molar-refractivity contribution in [1.82, 2.24) is 4.72 Å². The molecule has 0 aliphatic carbocycles. The van der Waals surface area contributed by atoms with E-state index in [-0.39, 0.29) is 17.9 Å². The fraction of sp³-hybridized carbons (Fsp3) is 0.235. The van der Waals surface area contributed by atoms with Crippen molar-refractivity contribution in [3.63, 3.8) is 0 Å². The first kappa shape index (κ1) is 17.2. The van der Waals surface area contributed by atoms with E-state index in [1.807, 2.05) is 25.1 Å². The Morgan fingerprint density at radius 1 is 1.09 bits per heavy atom. The van der Waals surface area contributed by atoms with Crippen LogP contribution in [0.1, 0.15) is 27.0 Å². The standard InChI is InChI=1S/C17H19NO4S/c1-13-4-2-3-5-16(13)12-23(21,22)18-11-10-14-6-8-15(9-7-14)17(19)20/h2-9,18H,10-12H2,1H3,(H,19,20). The third kappa shape index (κ3) is 5.19. The van der Waals surface area contributed by atoms with Crippen molar-refractivity contribution in [2.24, 2.45) is 0 Å². The molecule has 0 amide bonds. The summed E-state index contributed by atoms with van der Waals surface area (Å²) in [4.78, 5) is 10.8. The van der Waals surface area contributed by atoms with E-state index >= 15 is 0 Å². The molecule has 122 valence electrons. The lowest BCUT2D eigenvalue weighted by molar-refractivity contribution is 0.0697. The number of nitrogens with one attached hydrogen (secondary N) is 1. The van der Waals surface area contributed by atoms with Gasteiger partial charge >= 0.3 is 5.97 Å². The van der Waals surface area contributed by atoms with E-state index < -0.39 is 16.0 Å². The monoisotopic (exact) mass is 333 g/mol. The van der Waals surface area contributed by atoms with Crippen molar-refractivity contribution in [3.8, 4) is 0 Å². The lowest BCUT2D eigenvalue weighted by Gasteiger charge is -2.09. The SMILES string of the molecule is Cc1ccccc1CS(=O)(=O)NCCc1ccc(C(=O)O)cc1. The Labute approximate surface area is 136 Å². The molecule has 2 rings (SSSR count). The Morgan fingerprint density at radius 3 is 2.35 bits per heavy atom. The number of carboxylic acid groups (broad SMARTS) is 1. The highest BCUT2D eigenvalue weighted by Crippen LogP contribution is 2.11. The molecule has 5 nitrogen and oxygen atoms in total. The van der Waals surface area contributed by atoms with Crippen molar-refractivity contribution < 1.29 is 18.3 Å². The van der Waals surface area contributed by atoms with Crippen molar-refractivity contribution in [1.29, 1.82) is 0 Å². The molecule has 23 heavy (non-hydrogen) atoms. The Balaban J connectivity index is 1.90. The summed E-state index contributed by atoms with van der Waals surface area (Å²) < 4.78 is 26.8. The largest absolute Gasteiger partial charge is 0.478 e. The van der Waals surface area contributed by atoms with Gasteiger partial charge in [0.05, 0.1) is 11.3 Å². The van der Waals surface area contributed by atoms with Gasteiger partial charge in [-0.2, -0.15) is 0 Å². The predicted molar refractivity (Wildman–Crippen MR) is 88.9 cm³/mol. The van der Waals surface area contributed by atoms with Gasteiger partial charge < -0.3 is 5.11 Å². The molecule has 0 saturated heterocycles. The Bertz CT molecular complexity index is 782. The minimum absolute atomic E-state index is 0.0440. The molecule has 0 aliphatic rings. The van der Waals surface area contributed by atoms with E-state index in [1.165, 1.54) is 12.1 Å². The molecule has 0 bridgehead atoms. The number of carbonyl (C=O) groups is 1. The van der Waals surface area contributed by atoms with Crippen molar-refractivity contribution in [2.45, 2.75) is 19.1 Å². The minimum Gasteiger partial charge on any atom is -0.478 e. The summed E-state index contributed by atoms with van der Waals surface area (Å²) in [6.45, 7) is 2.16. The van der Waals surface area contributed by atoms with Crippen LogP contribution in [0.15, 0.2) is 48.5 Å². The number of rotatable bonds is 7. The predicted octanol–water partition coefficient (Wildman–Crippen LogP) is 2.36. The fourth-order valence-corrected chi connectivity index (χ4v) is 3.44. The average Bonchev–Trinajstić information content (AvgIpc) is 2.50. The van der Waals surface area contributed by atoms with Crippen LogP contribution < -0.4 is 4.72 Å². The first-order valence-electron chi connectivity index (χ1n) is 7.21. The molecule has 2 N–H and O–H groups in total. The Morgan fingerprint density at radius 2 is 1.74 bits per heavy atom. The topological polar surface area (TPSA) is 83.5 Å². The van der Waals surface area contributed by atoms with Gasteiger partial charge in [-0.05, 0) is 42.2 Å². The smallest absolute Gasteiger partial charge is 0.335 e. The van der Waals surface area contributed by atoms with Crippen LogP contribution in [0, 0.1) is 6.92 Å². The molecular weight excluding hydrogens is 314 g/mol. The highest BCUT2D eigenvalue weighted by atomic mass is 32.2. The maximum Gasteiger partial charge on any atom is 0.335 e. The first-order valence-corrected chi connectivity index (χ1v) is 8.87. The summed E-state index contributed by atoms with van der Waals surface area (Å²) >= 11 is 0. The summed E-state index contributed by atoms with van der Waals surface area (Å²) in [6, 6.07) is 13.8. The zero-order chi connectivity index (χ0) is 16.9. The summed E-state index contributed by atoms with van der Waals surface area (Å²) in [5.74, 6) is -1.02. The molecule has 0 heterocycles. The summed E-state index contributed by atoms with van der Waals surface area (Å²) in [5, 5.41) is 8.83. The number of aryl methyl sites for hydroxylation is 1. The molecule has 2 aromatic rings. The van der Waals surface area contributed by atoms with Gasteiger partial charge in [0.25, 0.3) is 0 Å². The zero-order valence-corrected chi connectivity index (χ0v) is 13.6. The van der Waals surface area contributed by atoms with Gasteiger partial charge in [0, 0.05) is 6.54 Å². The molecule has 0 fully saturated rings. The van der Waals surface area contributed by atoms with Gasteiger partial charge in [0.1, 0.15) is 0 Å². The van der Waals surface area contributed by atoms with Crippen LogP contribution in [0.3, 0.4) is 0 Å². The normalized spacial score (nSPS) is 11.3. The van der Waals surface area contributed by atoms with Crippen LogP contribution in [0.5, 0.6) is 0 Å². The van der Waals surface area contributed by atoms with Gasteiger partial charge in [-0.25, -0.2) is 17.9 Å². The lowest BCUT2D eigenvalue weighted by Crippen LogP contribution is -2.27. The van der Waals surface area contributed by atoms with E-state index in [0.29, 0.717) is 6.42 Å². The van der Waals surface area contributed by atoms with Gasteiger partial charge in [-0.1, -0.05) is 36.4 Å². The van der Waals surface area contributed by atoms with E-state index in [2.05, 4.69) is 4.72 Å². The lowest BCUT2D eigenvalue weighted by atomic mass is 10.1. The second-order valence-electron chi connectivity index (χ2n) is 5.33. The highest BCUT2D eigenvalue weighted by Gasteiger charge is 2.12. The molecular formula is C17H19NO4S. The minimum atomic E-state index is -3.39. The first-order chi connectivity index (χ1) is 10.9. The number of hydrogen-bond acceptors (Lipinski definition) is 3. The maximum absolute atomic E-state index is 12.1. The molecule has 6 heteroatoms. The van der Waals surface area contributed by atoms with Crippen molar-refractivity contribution in [3.05, 3.63) is 70.8 Å². The Hall–Kier alpha value is -2.18. The summed E-state index contributed by atoms with van der Waals surface area (Å²) in [5.41, 5.74) is 2.83. The van der Waals surface area contributed by atoms with E-state index in [1.54, 1.807) is 18.2 Å². The maximum atomic E-state index is 12.1. The fourth-order valence-electron chi connectivity index (χ4n) is 2.19. The number of aromatic carboxylic acids is 1. The van der Waals surface area contributed by atoms with Crippen LogP contribution in [-0.4, -0.2) is 26.0 Å². The van der Waals surface area contributed by atoms with E-state index in [0.717, 1.165) is 16.7 Å². The average molecular weight is 333 g/mol. The second kappa shape index (κ2) is 7.39. The van der Waals surface area contributed by atoms with Crippen LogP contribution in [0.4, 0.5) is 0 Å². The third-order valence-corrected chi connectivity index (χ3v) is 4.88. The van der Waals surface area contributed by atoms with E-state index in [4.69, 9.17) is 5.11 Å². The van der Waals surface area contributed by atoms with E-state index in [9.17, 15) is 13.2 Å². The Kier molecular flexibility index (Phi) is 5.52. The van der Waals surface area contributed by atoms with Gasteiger partial charge in [-0.15, -0.1) is 0 Å². The van der Waals surface area contributed by atoms with Crippen LogP contribution in [0.25, 0.3) is 0 Å². The molecule has 2 aromatic carbocycles. The molecule has 0 atom stereocenters. The summed E-state index contributed by atoms with van der Waals surface area (Å²) in [6.07, 6.45) is 0.507. The van der Waals surface area contributed by atoms with Crippen LogP contribution in [-0.2, 0) is 22.2 Å². The molecule has 0 spiro atoms. The molecule has 0 saturated carbocycles. The molecule has 0 aliphatic heterocycles. The van der Waals surface area contributed by atoms with Gasteiger partial charge in [0.2, 0.25) is 10.0 Å². The molecule has 0 radical (unpaired) electrons.